The summed E-state index contributed by atoms with van der Waals surface area (Å²) < 4.78 is 27.8. The minimum atomic E-state index is -0.528. The molecule has 2 aromatic carbocycles. The van der Waals surface area contributed by atoms with Gasteiger partial charge in [0.25, 0.3) is 0 Å². The summed E-state index contributed by atoms with van der Waals surface area (Å²) in [7, 11) is 0. The number of carbonyl (C=O) groups is 1. The van der Waals surface area contributed by atoms with Gasteiger partial charge in [-0.3, -0.25) is 9.78 Å². The molecule has 1 aromatic heterocycles. The van der Waals surface area contributed by atoms with Gasteiger partial charge < -0.3 is 10.2 Å². The van der Waals surface area contributed by atoms with Crippen LogP contribution in [0.2, 0.25) is 5.02 Å². The molecule has 7 heteroatoms. The van der Waals surface area contributed by atoms with Crippen molar-refractivity contribution in [1.29, 1.82) is 0 Å². The Balaban J connectivity index is 1.50. The van der Waals surface area contributed by atoms with Crippen LogP contribution in [0.25, 0.3) is 10.9 Å². The quantitative estimate of drug-likeness (QED) is 0.722. The van der Waals surface area contributed by atoms with Crippen molar-refractivity contribution < 1.29 is 13.6 Å². The number of fused-ring (bicyclic) bond motifs is 1. The second kappa shape index (κ2) is 7.12. The van der Waals surface area contributed by atoms with E-state index in [-0.39, 0.29) is 22.9 Å². The molecule has 0 aliphatic carbocycles. The van der Waals surface area contributed by atoms with Gasteiger partial charge in [-0.25, -0.2) is 8.78 Å². The third-order valence-electron chi connectivity index (χ3n) is 4.71. The van der Waals surface area contributed by atoms with Crippen molar-refractivity contribution in [2.45, 2.75) is 19.0 Å². The van der Waals surface area contributed by atoms with Crippen LogP contribution in [-0.2, 0) is 11.3 Å². The van der Waals surface area contributed by atoms with Crippen molar-refractivity contribution in [3.63, 3.8) is 0 Å². The lowest BCUT2D eigenvalue weighted by Gasteiger charge is -2.18. The maximum absolute atomic E-state index is 14.8. The Hall–Kier alpha value is -2.73. The van der Waals surface area contributed by atoms with Gasteiger partial charge in [0.2, 0.25) is 5.91 Å². The molecule has 0 radical (unpaired) electrons. The van der Waals surface area contributed by atoms with Gasteiger partial charge in [-0.15, -0.1) is 0 Å². The molecule has 1 N–H and O–H groups in total. The molecule has 27 heavy (non-hydrogen) atoms. The number of hydrogen-bond acceptors (Lipinski definition) is 3. The molecule has 4 nitrogen and oxygen atoms in total. The third-order valence-corrected chi connectivity index (χ3v) is 5.04. The Bertz CT molecular complexity index is 1010. The molecule has 1 atom stereocenters. The molecule has 1 amide bonds. The predicted octanol–water partition coefficient (Wildman–Crippen LogP) is 4.38. The Kier molecular flexibility index (Phi) is 4.66. The monoisotopic (exact) mass is 387 g/mol. The lowest BCUT2D eigenvalue weighted by atomic mass is 10.1. The SMILES string of the molecule is O=C1C(Nc2ccc3c(Cl)ccnc3c2F)CCN1Cc1ccc(F)cc1. The highest BCUT2D eigenvalue weighted by atomic mass is 35.5. The third kappa shape index (κ3) is 3.45. The van der Waals surface area contributed by atoms with E-state index in [4.69, 9.17) is 11.6 Å². The van der Waals surface area contributed by atoms with Gasteiger partial charge in [0.1, 0.15) is 17.4 Å². The van der Waals surface area contributed by atoms with E-state index >= 15 is 0 Å². The highest BCUT2D eigenvalue weighted by Gasteiger charge is 2.32. The average Bonchev–Trinajstić information content (AvgIpc) is 3.00. The summed E-state index contributed by atoms with van der Waals surface area (Å²) in [5, 5.41) is 3.94. The maximum atomic E-state index is 14.8. The zero-order valence-electron chi connectivity index (χ0n) is 14.3. The first-order valence-corrected chi connectivity index (χ1v) is 8.93. The molecule has 1 fully saturated rings. The summed E-state index contributed by atoms with van der Waals surface area (Å²) in [6, 6.07) is 10.4. The molecule has 0 spiro atoms. The molecule has 0 bridgehead atoms. The Morgan fingerprint density at radius 1 is 1.15 bits per heavy atom. The molecule has 1 unspecified atom stereocenters. The first-order valence-electron chi connectivity index (χ1n) is 8.55. The smallest absolute Gasteiger partial charge is 0.245 e. The zero-order chi connectivity index (χ0) is 19.0. The number of halogens is 3. The first kappa shape index (κ1) is 17.7. The number of pyridine rings is 1. The van der Waals surface area contributed by atoms with Crippen LogP contribution >= 0.6 is 11.6 Å². The normalized spacial score (nSPS) is 16.9. The summed E-state index contributed by atoms with van der Waals surface area (Å²) in [5.41, 5.74) is 1.24. The minimum absolute atomic E-state index is 0.113. The standard InChI is InChI=1S/C20H16ClF2N3O/c21-15-7-9-24-19-14(15)5-6-16(18(19)23)25-17-8-10-26(20(17)27)11-12-1-3-13(22)4-2-12/h1-7,9,17,25H,8,10-11H2. The summed E-state index contributed by atoms with van der Waals surface area (Å²) in [6.07, 6.45) is 2.00. The second-order valence-corrected chi connectivity index (χ2v) is 6.90. The second-order valence-electron chi connectivity index (χ2n) is 6.49. The number of nitrogens with zero attached hydrogens (tertiary/aromatic N) is 2. The fourth-order valence-electron chi connectivity index (χ4n) is 3.29. The van der Waals surface area contributed by atoms with Gasteiger partial charge in [-0.05, 0) is 42.3 Å². The summed E-state index contributed by atoms with van der Waals surface area (Å²) in [4.78, 5) is 18.4. The van der Waals surface area contributed by atoms with Gasteiger partial charge in [0, 0.05) is 24.7 Å². The van der Waals surface area contributed by atoms with Crippen LogP contribution in [0.15, 0.2) is 48.7 Å². The fraction of sp³-hybridized carbons (Fsp3) is 0.200. The van der Waals surface area contributed by atoms with Gasteiger partial charge in [-0.1, -0.05) is 23.7 Å². The van der Waals surface area contributed by atoms with Gasteiger partial charge in [0.05, 0.1) is 10.7 Å². The number of rotatable bonds is 4. The molecule has 2 heterocycles. The lowest BCUT2D eigenvalue weighted by Crippen LogP contribution is -2.33. The number of benzene rings is 2. The van der Waals surface area contributed by atoms with Crippen molar-refractivity contribution in [1.82, 2.24) is 9.88 Å². The number of amides is 1. The molecule has 1 aliphatic heterocycles. The molecular formula is C20H16ClF2N3O. The van der Waals surface area contributed by atoms with E-state index in [2.05, 4.69) is 10.3 Å². The van der Waals surface area contributed by atoms with E-state index in [0.29, 0.717) is 29.9 Å². The molecule has 4 rings (SSSR count). The molecular weight excluding hydrogens is 372 g/mol. The van der Waals surface area contributed by atoms with Crippen molar-refractivity contribution in [3.8, 4) is 0 Å². The number of likely N-dealkylation sites (tertiary alicyclic amines) is 1. The number of carbonyl (C=O) groups excluding carboxylic acids is 1. The zero-order valence-corrected chi connectivity index (χ0v) is 15.0. The number of aromatic nitrogens is 1. The van der Waals surface area contributed by atoms with Gasteiger partial charge >= 0.3 is 0 Å². The van der Waals surface area contributed by atoms with E-state index in [1.165, 1.54) is 18.3 Å². The van der Waals surface area contributed by atoms with Crippen LogP contribution in [0, 0.1) is 11.6 Å². The predicted molar refractivity (Wildman–Crippen MR) is 101 cm³/mol. The Morgan fingerprint density at radius 3 is 2.70 bits per heavy atom. The number of nitrogens with one attached hydrogen (secondary N) is 1. The van der Waals surface area contributed by atoms with Crippen molar-refractivity contribution in [2.24, 2.45) is 0 Å². The first-order chi connectivity index (χ1) is 13.0. The van der Waals surface area contributed by atoms with Crippen LogP contribution in [0.4, 0.5) is 14.5 Å². The van der Waals surface area contributed by atoms with Crippen molar-refractivity contribution in [2.75, 3.05) is 11.9 Å². The van der Waals surface area contributed by atoms with E-state index in [0.717, 1.165) is 5.56 Å². The van der Waals surface area contributed by atoms with Crippen LogP contribution in [0.5, 0.6) is 0 Å². The molecule has 0 saturated carbocycles. The summed E-state index contributed by atoms with van der Waals surface area (Å²) >= 11 is 6.07. The van der Waals surface area contributed by atoms with Crippen molar-refractivity contribution in [3.05, 3.63) is 70.9 Å². The minimum Gasteiger partial charge on any atom is -0.371 e. The van der Waals surface area contributed by atoms with Gasteiger partial charge in [0.15, 0.2) is 5.82 Å². The molecule has 3 aromatic rings. The van der Waals surface area contributed by atoms with Crippen LogP contribution in [0.1, 0.15) is 12.0 Å². The summed E-state index contributed by atoms with van der Waals surface area (Å²) in [5.74, 6) is -0.954. The van der Waals surface area contributed by atoms with E-state index in [1.807, 2.05) is 0 Å². The fourth-order valence-corrected chi connectivity index (χ4v) is 3.50. The van der Waals surface area contributed by atoms with E-state index in [9.17, 15) is 13.6 Å². The van der Waals surface area contributed by atoms with Crippen molar-refractivity contribution >= 4 is 34.1 Å². The maximum Gasteiger partial charge on any atom is 0.245 e. The van der Waals surface area contributed by atoms with Crippen LogP contribution < -0.4 is 5.32 Å². The van der Waals surface area contributed by atoms with E-state index < -0.39 is 11.9 Å². The molecule has 138 valence electrons. The largest absolute Gasteiger partial charge is 0.371 e. The number of anilines is 1. The number of hydrogen-bond donors (Lipinski definition) is 1. The average molecular weight is 388 g/mol. The molecule has 1 saturated heterocycles. The van der Waals surface area contributed by atoms with Gasteiger partial charge in [-0.2, -0.15) is 0 Å². The highest BCUT2D eigenvalue weighted by Crippen LogP contribution is 2.29. The Morgan fingerprint density at radius 2 is 1.93 bits per heavy atom. The molecule has 1 aliphatic rings. The lowest BCUT2D eigenvalue weighted by molar-refractivity contribution is -0.128. The highest BCUT2D eigenvalue weighted by molar-refractivity contribution is 6.35. The van der Waals surface area contributed by atoms with Crippen LogP contribution in [-0.4, -0.2) is 28.4 Å². The summed E-state index contributed by atoms with van der Waals surface area (Å²) in [6.45, 7) is 0.946. The van der Waals surface area contributed by atoms with E-state index in [1.54, 1.807) is 35.2 Å². The van der Waals surface area contributed by atoms with Crippen LogP contribution in [0.3, 0.4) is 0 Å². The Labute approximate surface area is 159 Å². The topological polar surface area (TPSA) is 45.2 Å².